The number of aromatic hydroxyl groups is 1. The predicted molar refractivity (Wildman–Crippen MR) is 109 cm³/mol. The Balaban J connectivity index is 1.77. The van der Waals surface area contributed by atoms with Crippen molar-refractivity contribution in [1.29, 1.82) is 0 Å². The molecule has 0 radical (unpaired) electrons. The van der Waals surface area contributed by atoms with E-state index in [-0.39, 0.29) is 10.6 Å². The van der Waals surface area contributed by atoms with Crippen LogP contribution in [0.1, 0.15) is 21.5 Å². The minimum absolute atomic E-state index is 0.0387. The van der Waals surface area contributed by atoms with Crippen molar-refractivity contribution in [3.8, 4) is 5.75 Å². The lowest BCUT2D eigenvalue weighted by Crippen LogP contribution is -2.15. The van der Waals surface area contributed by atoms with Crippen molar-refractivity contribution in [2.24, 2.45) is 0 Å². The maximum absolute atomic E-state index is 12.6. The van der Waals surface area contributed by atoms with Gasteiger partial charge in [-0.3, -0.25) is 9.52 Å². The van der Waals surface area contributed by atoms with Gasteiger partial charge in [0.25, 0.3) is 15.9 Å². The Morgan fingerprint density at radius 3 is 2.29 bits per heavy atom. The first-order valence-electron chi connectivity index (χ1n) is 8.56. The molecule has 3 aromatic rings. The van der Waals surface area contributed by atoms with E-state index in [9.17, 15) is 18.3 Å². The molecule has 0 saturated heterocycles. The Bertz CT molecular complexity index is 1120. The zero-order chi connectivity index (χ0) is 20.3. The quantitative estimate of drug-likeness (QED) is 0.606. The molecular weight excluding hydrogens is 376 g/mol. The Morgan fingerprint density at radius 2 is 1.61 bits per heavy atom. The van der Waals surface area contributed by atoms with E-state index in [0.29, 0.717) is 16.9 Å². The van der Waals surface area contributed by atoms with Crippen LogP contribution in [0.15, 0.2) is 71.6 Å². The molecule has 0 heterocycles. The number of benzene rings is 3. The van der Waals surface area contributed by atoms with Gasteiger partial charge in [0, 0.05) is 17.3 Å². The molecule has 0 fully saturated rings. The van der Waals surface area contributed by atoms with Crippen LogP contribution in [0.2, 0.25) is 0 Å². The molecule has 0 aliphatic rings. The Kier molecular flexibility index (Phi) is 5.37. The molecule has 3 N–H and O–H groups in total. The number of hydrogen-bond acceptors (Lipinski definition) is 4. The maximum atomic E-state index is 12.6. The summed E-state index contributed by atoms with van der Waals surface area (Å²) >= 11 is 0. The molecule has 0 atom stereocenters. The number of phenolic OH excluding ortho intramolecular Hbond substituents is 1. The number of nitrogens with one attached hydrogen (secondary N) is 2. The van der Waals surface area contributed by atoms with E-state index in [1.54, 1.807) is 24.3 Å². The number of rotatable bonds is 5. The predicted octanol–water partition coefficient (Wildman–Crippen LogP) is 4.06. The highest BCUT2D eigenvalue weighted by Crippen LogP contribution is 2.22. The van der Waals surface area contributed by atoms with Gasteiger partial charge in [-0.25, -0.2) is 8.42 Å². The average molecular weight is 396 g/mol. The average Bonchev–Trinajstić information content (AvgIpc) is 2.65. The second-order valence-electron chi connectivity index (χ2n) is 6.38. The van der Waals surface area contributed by atoms with E-state index in [4.69, 9.17) is 0 Å². The van der Waals surface area contributed by atoms with E-state index in [2.05, 4.69) is 10.0 Å². The van der Waals surface area contributed by atoms with Gasteiger partial charge < -0.3 is 10.4 Å². The van der Waals surface area contributed by atoms with Crippen molar-refractivity contribution in [3.05, 3.63) is 83.4 Å². The third-order valence-corrected chi connectivity index (χ3v) is 5.76. The second kappa shape index (κ2) is 7.74. The largest absolute Gasteiger partial charge is 0.508 e. The van der Waals surface area contributed by atoms with Gasteiger partial charge in [0.05, 0.1) is 10.6 Å². The summed E-state index contributed by atoms with van der Waals surface area (Å²) in [6, 6.07) is 17.2. The van der Waals surface area contributed by atoms with Crippen LogP contribution >= 0.6 is 0 Å². The van der Waals surface area contributed by atoms with Crippen LogP contribution in [-0.2, 0) is 10.0 Å². The summed E-state index contributed by atoms with van der Waals surface area (Å²) < 4.78 is 27.9. The van der Waals surface area contributed by atoms with Crippen molar-refractivity contribution < 1.29 is 18.3 Å². The van der Waals surface area contributed by atoms with Crippen molar-refractivity contribution >= 4 is 27.3 Å². The molecule has 0 unspecified atom stereocenters. The van der Waals surface area contributed by atoms with Crippen molar-refractivity contribution in [1.82, 2.24) is 0 Å². The Morgan fingerprint density at radius 1 is 0.929 bits per heavy atom. The number of sulfonamides is 1. The maximum Gasteiger partial charge on any atom is 0.261 e. The van der Waals surface area contributed by atoms with Gasteiger partial charge in [-0.2, -0.15) is 0 Å². The summed E-state index contributed by atoms with van der Waals surface area (Å²) in [4.78, 5) is 12.4. The molecule has 3 rings (SSSR count). The minimum Gasteiger partial charge on any atom is -0.508 e. The van der Waals surface area contributed by atoms with Crippen LogP contribution in [0, 0.1) is 13.8 Å². The normalized spacial score (nSPS) is 11.1. The van der Waals surface area contributed by atoms with Gasteiger partial charge in [-0.15, -0.1) is 0 Å². The number of carbonyl (C=O) groups is 1. The molecule has 0 spiro atoms. The number of aryl methyl sites for hydroxylation is 1. The lowest BCUT2D eigenvalue weighted by molar-refractivity contribution is 0.102. The van der Waals surface area contributed by atoms with E-state index >= 15 is 0 Å². The number of anilines is 2. The van der Waals surface area contributed by atoms with E-state index in [0.717, 1.165) is 11.1 Å². The molecule has 7 heteroatoms. The first-order valence-corrected chi connectivity index (χ1v) is 10.0. The van der Waals surface area contributed by atoms with Crippen LogP contribution in [0.3, 0.4) is 0 Å². The highest BCUT2D eigenvalue weighted by Gasteiger charge is 2.16. The zero-order valence-corrected chi connectivity index (χ0v) is 16.2. The van der Waals surface area contributed by atoms with E-state index in [1.165, 1.54) is 36.4 Å². The lowest BCUT2D eigenvalue weighted by atomic mass is 10.1. The minimum atomic E-state index is -3.77. The van der Waals surface area contributed by atoms with Crippen LogP contribution in [0.25, 0.3) is 0 Å². The highest BCUT2D eigenvalue weighted by molar-refractivity contribution is 7.92. The van der Waals surface area contributed by atoms with Crippen LogP contribution in [0.4, 0.5) is 11.4 Å². The summed E-state index contributed by atoms with van der Waals surface area (Å²) in [5.74, 6) is -0.367. The van der Waals surface area contributed by atoms with Crippen molar-refractivity contribution in [2.75, 3.05) is 10.0 Å². The SMILES string of the molecule is Cc1cccc(NS(=O)(=O)c2ccc(C(=O)Nc3cccc(O)c3)cc2)c1C. The van der Waals surface area contributed by atoms with E-state index < -0.39 is 15.9 Å². The van der Waals surface area contributed by atoms with Crippen LogP contribution in [-0.4, -0.2) is 19.4 Å². The standard InChI is InChI=1S/C21H20N2O4S/c1-14-5-3-8-20(15(14)2)23-28(26,27)19-11-9-16(10-12-19)21(25)22-17-6-4-7-18(24)13-17/h3-13,23-24H,1-2H3,(H,22,25). The number of hydrogen-bond donors (Lipinski definition) is 3. The number of amides is 1. The van der Waals surface area contributed by atoms with Crippen LogP contribution in [0.5, 0.6) is 5.75 Å². The molecule has 144 valence electrons. The van der Waals surface area contributed by atoms with Crippen molar-refractivity contribution in [2.45, 2.75) is 18.7 Å². The summed E-state index contributed by atoms with van der Waals surface area (Å²) in [6.07, 6.45) is 0. The molecule has 6 nitrogen and oxygen atoms in total. The summed E-state index contributed by atoms with van der Waals surface area (Å²) in [5, 5.41) is 12.1. The van der Waals surface area contributed by atoms with Gasteiger partial charge in [0.15, 0.2) is 0 Å². The summed E-state index contributed by atoms with van der Waals surface area (Å²) in [6.45, 7) is 3.76. The van der Waals surface area contributed by atoms with Gasteiger partial charge in [-0.1, -0.05) is 18.2 Å². The van der Waals surface area contributed by atoms with E-state index in [1.807, 2.05) is 19.9 Å². The van der Waals surface area contributed by atoms with Crippen LogP contribution < -0.4 is 10.0 Å². The second-order valence-corrected chi connectivity index (χ2v) is 8.06. The van der Waals surface area contributed by atoms with Crippen molar-refractivity contribution in [3.63, 3.8) is 0 Å². The zero-order valence-electron chi connectivity index (χ0n) is 15.4. The number of phenols is 1. The first kappa shape index (κ1) is 19.4. The Labute approximate surface area is 163 Å². The topological polar surface area (TPSA) is 95.5 Å². The molecule has 0 aliphatic heterocycles. The molecule has 0 aliphatic carbocycles. The molecule has 3 aromatic carbocycles. The monoisotopic (exact) mass is 396 g/mol. The molecule has 0 saturated carbocycles. The highest BCUT2D eigenvalue weighted by atomic mass is 32.2. The first-order chi connectivity index (χ1) is 13.3. The Hall–Kier alpha value is -3.32. The van der Waals surface area contributed by atoms with Gasteiger partial charge in [-0.05, 0) is 67.4 Å². The molecule has 28 heavy (non-hydrogen) atoms. The fraction of sp³-hybridized carbons (Fsp3) is 0.0952. The molecule has 0 aromatic heterocycles. The smallest absolute Gasteiger partial charge is 0.261 e. The molecule has 1 amide bonds. The van der Waals surface area contributed by atoms with Gasteiger partial charge >= 0.3 is 0 Å². The number of carbonyl (C=O) groups excluding carboxylic acids is 1. The lowest BCUT2D eigenvalue weighted by Gasteiger charge is -2.12. The third-order valence-electron chi connectivity index (χ3n) is 4.38. The van der Waals surface area contributed by atoms with Gasteiger partial charge in [0.2, 0.25) is 0 Å². The molecule has 0 bridgehead atoms. The molecular formula is C21H20N2O4S. The summed E-state index contributed by atoms with van der Waals surface area (Å²) in [7, 11) is -3.77. The fourth-order valence-electron chi connectivity index (χ4n) is 2.64. The third kappa shape index (κ3) is 4.32. The summed E-state index contributed by atoms with van der Waals surface area (Å²) in [5.41, 5.74) is 3.10. The van der Waals surface area contributed by atoms with Gasteiger partial charge in [0.1, 0.15) is 5.75 Å². The fourth-order valence-corrected chi connectivity index (χ4v) is 3.76.